The van der Waals surface area contributed by atoms with Gasteiger partial charge in [-0.1, -0.05) is 18.2 Å². The molecule has 3 heteroatoms. The van der Waals surface area contributed by atoms with Crippen molar-refractivity contribution in [3.63, 3.8) is 0 Å². The molecule has 1 aromatic rings. The van der Waals surface area contributed by atoms with E-state index in [4.69, 9.17) is 5.73 Å². The van der Waals surface area contributed by atoms with Gasteiger partial charge in [0.25, 0.3) is 0 Å². The smallest absolute Gasteiger partial charge is 0.0464 e. The molecule has 0 bridgehead atoms. The molecule has 1 fully saturated rings. The molecule has 15 heavy (non-hydrogen) atoms. The lowest BCUT2D eigenvalue weighted by Gasteiger charge is -2.36. The molecule has 2 atom stereocenters. The lowest BCUT2D eigenvalue weighted by Crippen LogP contribution is -2.44. The lowest BCUT2D eigenvalue weighted by molar-refractivity contribution is 0.207. The van der Waals surface area contributed by atoms with Crippen LogP contribution in [-0.2, 0) is 6.54 Å². The molecule has 80 valence electrons. The average molecular weight is 220 g/mol. The SMILES string of the molecule is Cc1cccc2c1CN1CSC[C@@H]1C2N. The summed E-state index contributed by atoms with van der Waals surface area (Å²) in [7, 11) is 0. The number of fused-ring (bicyclic) bond motifs is 2. The van der Waals surface area contributed by atoms with E-state index >= 15 is 0 Å². The zero-order valence-corrected chi connectivity index (χ0v) is 9.76. The number of benzene rings is 1. The molecule has 2 aliphatic heterocycles. The molecule has 0 aromatic heterocycles. The van der Waals surface area contributed by atoms with E-state index in [9.17, 15) is 0 Å². The molecule has 0 saturated carbocycles. The number of hydrogen-bond acceptors (Lipinski definition) is 3. The molecule has 0 spiro atoms. The number of rotatable bonds is 0. The van der Waals surface area contributed by atoms with Gasteiger partial charge in [0.1, 0.15) is 0 Å². The summed E-state index contributed by atoms with van der Waals surface area (Å²) < 4.78 is 0. The summed E-state index contributed by atoms with van der Waals surface area (Å²) in [6.07, 6.45) is 0. The first kappa shape index (κ1) is 9.70. The highest BCUT2D eigenvalue weighted by Crippen LogP contribution is 2.37. The molecule has 2 N–H and O–H groups in total. The third kappa shape index (κ3) is 1.41. The van der Waals surface area contributed by atoms with Crippen molar-refractivity contribution in [2.45, 2.75) is 25.6 Å². The highest BCUT2D eigenvalue weighted by atomic mass is 32.2. The third-order valence-electron chi connectivity index (χ3n) is 3.60. The highest BCUT2D eigenvalue weighted by Gasteiger charge is 2.36. The normalized spacial score (nSPS) is 30.0. The maximum absolute atomic E-state index is 6.35. The maximum Gasteiger partial charge on any atom is 0.0464 e. The van der Waals surface area contributed by atoms with E-state index in [0.29, 0.717) is 6.04 Å². The molecular formula is C12H16N2S. The van der Waals surface area contributed by atoms with E-state index in [1.54, 1.807) is 0 Å². The van der Waals surface area contributed by atoms with E-state index in [-0.39, 0.29) is 6.04 Å². The van der Waals surface area contributed by atoms with Gasteiger partial charge in [0, 0.05) is 30.3 Å². The number of hydrogen-bond donors (Lipinski definition) is 1. The zero-order valence-electron chi connectivity index (χ0n) is 8.94. The number of aryl methyl sites for hydroxylation is 1. The second kappa shape index (κ2) is 3.51. The first-order valence-electron chi connectivity index (χ1n) is 5.43. The fourth-order valence-electron chi connectivity index (χ4n) is 2.65. The Morgan fingerprint density at radius 2 is 2.33 bits per heavy atom. The van der Waals surface area contributed by atoms with Crippen molar-refractivity contribution in [2.24, 2.45) is 5.73 Å². The van der Waals surface area contributed by atoms with E-state index < -0.39 is 0 Å². The average Bonchev–Trinajstić information content (AvgIpc) is 2.68. The second-order valence-electron chi connectivity index (χ2n) is 4.48. The summed E-state index contributed by atoms with van der Waals surface area (Å²) in [5.74, 6) is 2.33. The standard InChI is InChI=1S/C12H16N2S/c1-8-3-2-4-9-10(8)5-14-7-15-6-11(14)12(9)13/h2-4,11-12H,5-7,13H2,1H3/t11-,12?/m1/s1. The Balaban J connectivity index is 2.08. The minimum Gasteiger partial charge on any atom is -0.323 e. The minimum atomic E-state index is 0.212. The Morgan fingerprint density at radius 3 is 3.20 bits per heavy atom. The second-order valence-corrected chi connectivity index (χ2v) is 5.48. The number of thioether (sulfide) groups is 1. The molecular weight excluding hydrogens is 204 g/mol. The van der Waals surface area contributed by atoms with E-state index in [2.05, 4.69) is 30.0 Å². The van der Waals surface area contributed by atoms with Gasteiger partial charge in [0.15, 0.2) is 0 Å². The van der Waals surface area contributed by atoms with Crippen LogP contribution in [0.4, 0.5) is 0 Å². The van der Waals surface area contributed by atoms with Gasteiger partial charge in [-0.25, -0.2) is 0 Å². The van der Waals surface area contributed by atoms with Crippen LogP contribution in [0.25, 0.3) is 0 Å². The predicted molar refractivity (Wildman–Crippen MR) is 64.8 cm³/mol. The first-order chi connectivity index (χ1) is 7.27. The molecule has 0 radical (unpaired) electrons. The Hall–Kier alpha value is -0.510. The molecule has 3 rings (SSSR count). The van der Waals surface area contributed by atoms with Crippen LogP contribution in [0.15, 0.2) is 18.2 Å². The van der Waals surface area contributed by atoms with Gasteiger partial charge >= 0.3 is 0 Å². The summed E-state index contributed by atoms with van der Waals surface area (Å²) in [6.45, 7) is 3.28. The molecule has 0 amide bonds. The van der Waals surface area contributed by atoms with Crippen molar-refractivity contribution in [2.75, 3.05) is 11.6 Å². The van der Waals surface area contributed by atoms with Gasteiger partial charge in [0.2, 0.25) is 0 Å². The van der Waals surface area contributed by atoms with E-state index in [0.717, 1.165) is 12.4 Å². The first-order valence-corrected chi connectivity index (χ1v) is 6.58. The van der Waals surface area contributed by atoms with Gasteiger partial charge in [-0.05, 0) is 23.6 Å². The summed E-state index contributed by atoms with van der Waals surface area (Å²) in [4.78, 5) is 2.52. The Labute approximate surface area is 94.8 Å². The number of nitrogens with zero attached hydrogens (tertiary/aromatic N) is 1. The Kier molecular flexibility index (Phi) is 2.27. The Bertz CT molecular complexity index is 391. The quantitative estimate of drug-likeness (QED) is 0.724. The number of nitrogens with two attached hydrogens (primary N) is 1. The van der Waals surface area contributed by atoms with Gasteiger partial charge in [-0.15, -0.1) is 11.8 Å². The summed E-state index contributed by atoms with van der Waals surface area (Å²) in [6, 6.07) is 7.29. The largest absolute Gasteiger partial charge is 0.323 e. The van der Waals surface area contributed by atoms with Crippen molar-refractivity contribution < 1.29 is 0 Å². The fraction of sp³-hybridized carbons (Fsp3) is 0.500. The van der Waals surface area contributed by atoms with Crippen LogP contribution in [0, 0.1) is 6.92 Å². The predicted octanol–water partition coefficient (Wildman–Crippen LogP) is 1.88. The molecule has 1 saturated heterocycles. The van der Waals surface area contributed by atoms with Crippen LogP contribution >= 0.6 is 11.8 Å². The van der Waals surface area contributed by atoms with Crippen LogP contribution < -0.4 is 5.73 Å². The lowest BCUT2D eigenvalue weighted by atomic mass is 9.88. The monoisotopic (exact) mass is 220 g/mol. The van der Waals surface area contributed by atoms with Crippen LogP contribution in [-0.4, -0.2) is 22.6 Å². The van der Waals surface area contributed by atoms with Crippen LogP contribution in [0.2, 0.25) is 0 Å². The molecule has 2 nitrogen and oxygen atoms in total. The van der Waals surface area contributed by atoms with Crippen molar-refractivity contribution in [1.82, 2.24) is 4.90 Å². The van der Waals surface area contributed by atoms with Gasteiger partial charge in [-0.2, -0.15) is 0 Å². The van der Waals surface area contributed by atoms with Crippen molar-refractivity contribution in [3.8, 4) is 0 Å². The maximum atomic E-state index is 6.35. The molecule has 0 aliphatic carbocycles. The zero-order chi connectivity index (χ0) is 10.4. The minimum absolute atomic E-state index is 0.212. The summed E-state index contributed by atoms with van der Waals surface area (Å²) in [5.41, 5.74) is 10.6. The van der Waals surface area contributed by atoms with Crippen molar-refractivity contribution in [3.05, 3.63) is 34.9 Å². The fourth-order valence-corrected chi connectivity index (χ4v) is 3.93. The van der Waals surface area contributed by atoms with Gasteiger partial charge < -0.3 is 5.73 Å². The van der Waals surface area contributed by atoms with Gasteiger partial charge in [0.05, 0.1) is 0 Å². The molecule has 1 unspecified atom stereocenters. The third-order valence-corrected chi connectivity index (χ3v) is 4.69. The van der Waals surface area contributed by atoms with Crippen LogP contribution in [0.1, 0.15) is 22.7 Å². The Morgan fingerprint density at radius 1 is 1.47 bits per heavy atom. The topological polar surface area (TPSA) is 29.3 Å². The van der Waals surface area contributed by atoms with Gasteiger partial charge in [-0.3, -0.25) is 4.90 Å². The summed E-state index contributed by atoms with van der Waals surface area (Å²) >= 11 is 2.01. The van der Waals surface area contributed by atoms with E-state index in [1.165, 1.54) is 22.4 Å². The molecule has 1 aromatic carbocycles. The highest BCUT2D eigenvalue weighted by molar-refractivity contribution is 7.99. The molecule has 2 heterocycles. The van der Waals surface area contributed by atoms with Crippen LogP contribution in [0.5, 0.6) is 0 Å². The van der Waals surface area contributed by atoms with Crippen molar-refractivity contribution in [1.29, 1.82) is 0 Å². The van der Waals surface area contributed by atoms with Crippen molar-refractivity contribution >= 4 is 11.8 Å². The van der Waals surface area contributed by atoms with Crippen LogP contribution in [0.3, 0.4) is 0 Å². The van der Waals surface area contributed by atoms with E-state index in [1.807, 2.05) is 11.8 Å². The summed E-state index contributed by atoms with van der Waals surface area (Å²) in [5, 5.41) is 0. The molecule has 2 aliphatic rings.